The first-order chi connectivity index (χ1) is 7.50. The number of hydrogen-bond acceptors (Lipinski definition) is 3. The molecule has 0 saturated carbocycles. The van der Waals surface area contributed by atoms with Crippen LogP contribution in [0.1, 0.15) is 13.8 Å². The molecule has 0 atom stereocenters. The first-order valence-electron chi connectivity index (χ1n) is 5.08. The summed E-state index contributed by atoms with van der Waals surface area (Å²) < 4.78 is 32.8. The average Bonchev–Trinajstić information content (AvgIpc) is 2.25. The quantitative estimate of drug-likeness (QED) is 0.630. The maximum Gasteiger partial charge on any atom is 0.373 e. The van der Waals surface area contributed by atoms with Gasteiger partial charge in [-0.1, -0.05) is 32.0 Å². The minimum absolute atomic E-state index is 0.425. The lowest BCUT2D eigenvalue weighted by atomic mass is 10.3. The van der Waals surface area contributed by atoms with Crippen LogP contribution in [0.4, 0.5) is 5.69 Å². The van der Waals surface area contributed by atoms with Gasteiger partial charge >= 0.3 is 10.3 Å². The lowest BCUT2D eigenvalue weighted by Crippen LogP contribution is -2.46. The van der Waals surface area contributed by atoms with Gasteiger partial charge in [0.05, 0.1) is 5.69 Å². The Labute approximate surface area is 96.1 Å². The third kappa shape index (κ3) is 2.94. The van der Waals surface area contributed by atoms with Gasteiger partial charge in [0, 0.05) is 13.1 Å². The molecule has 0 aliphatic carbocycles. The molecular weight excluding hydrogens is 228 g/mol. The molecular formula is C10H16N2O3S. The van der Waals surface area contributed by atoms with E-state index in [4.69, 9.17) is 0 Å². The Hall–Kier alpha value is -1.11. The molecule has 0 aliphatic heterocycles. The monoisotopic (exact) mass is 244 g/mol. The van der Waals surface area contributed by atoms with Crippen molar-refractivity contribution in [1.82, 2.24) is 5.01 Å². The molecule has 0 saturated heterocycles. The summed E-state index contributed by atoms with van der Waals surface area (Å²) in [4.78, 5) is 0. The topological polar surface area (TPSA) is 60.9 Å². The molecule has 0 aliphatic rings. The Bertz CT molecular complexity index is 415. The zero-order valence-corrected chi connectivity index (χ0v) is 10.2. The van der Waals surface area contributed by atoms with E-state index in [9.17, 15) is 13.0 Å². The SMILES string of the molecule is CCN(CC)N(c1ccccc1)S(=O)(=O)O. The normalized spacial score (nSPS) is 11.8. The molecule has 0 aromatic heterocycles. The van der Waals surface area contributed by atoms with E-state index >= 15 is 0 Å². The number of hydrazine groups is 1. The van der Waals surface area contributed by atoms with E-state index in [1.54, 1.807) is 30.3 Å². The van der Waals surface area contributed by atoms with Gasteiger partial charge in [0.2, 0.25) is 0 Å². The zero-order valence-electron chi connectivity index (χ0n) is 9.37. The number of hydrogen-bond donors (Lipinski definition) is 1. The molecule has 1 aromatic rings. The Kier molecular flexibility index (Phi) is 4.28. The molecule has 0 spiro atoms. The van der Waals surface area contributed by atoms with Gasteiger partial charge in [-0.2, -0.15) is 12.8 Å². The van der Waals surface area contributed by atoms with Gasteiger partial charge in [-0.05, 0) is 12.1 Å². The fraction of sp³-hybridized carbons (Fsp3) is 0.400. The fourth-order valence-electron chi connectivity index (χ4n) is 1.48. The standard InChI is InChI=1S/C10H16N2O3S/c1-3-11(4-2)12(16(13,14)15)10-8-6-5-7-9-10/h5-9H,3-4H2,1-2H3,(H,13,14,15). The van der Waals surface area contributed by atoms with Crippen molar-refractivity contribution in [2.24, 2.45) is 0 Å². The molecule has 6 heteroatoms. The predicted molar refractivity (Wildman–Crippen MR) is 63.4 cm³/mol. The molecule has 90 valence electrons. The van der Waals surface area contributed by atoms with Gasteiger partial charge < -0.3 is 0 Å². The van der Waals surface area contributed by atoms with Gasteiger partial charge in [-0.25, -0.2) is 5.01 Å². The van der Waals surface area contributed by atoms with Crippen LogP contribution < -0.4 is 4.41 Å². The van der Waals surface area contributed by atoms with Crippen molar-refractivity contribution in [1.29, 1.82) is 0 Å². The van der Waals surface area contributed by atoms with Crippen LogP contribution >= 0.6 is 0 Å². The van der Waals surface area contributed by atoms with Crippen molar-refractivity contribution < 1.29 is 13.0 Å². The summed E-state index contributed by atoms with van der Waals surface area (Å²) in [7, 11) is -4.28. The van der Waals surface area contributed by atoms with Crippen LogP contribution in [0.5, 0.6) is 0 Å². The molecule has 0 unspecified atom stereocenters. The summed E-state index contributed by atoms with van der Waals surface area (Å²) in [6.07, 6.45) is 0. The molecule has 1 rings (SSSR count). The number of rotatable bonds is 5. The van der Waals surface area contributed by atoms with Gasteiger partial charge in [0.1, 0.15) is 0 Å². The summed E-state index contributed by atoms with van der Waals surface area (Å²) in [5, 5.41) is 1.53. The largest absolute Gasteiger partial charge is 0.373 e. The summed E-state index contributed by atoms with van der Waals surface area (Å²) in [6.45, 7) is 4.63. The van der Waals surface area contributed by atoms with Crippen molar-refractivity contribution in [3.8, 4) is 0 Å². The van der Waals surface area contributed by atoms with E-state index in [0.29, 0.717) is 18.8 Å². The van der Waals surface area contributed by atoms with Crippen LogP contribution in [0.25, 0.3) is 0 Å². The summed E-state index contributed by atoms with van der Waals surface area (Å²) in [6, 6.07) is 8.49. The second kappa shape index (κ2) is 5.29. The third-order valence-electron chi connectivity index (χ3n) is 2.18. The van der Waals surface area contributed by atoms with E-state index in [2.05, 4.69) is 0 Å². The van der Waals surface area contributed by atoms with Crippen LogP contribution in [0.2, 0.25) is 0 Å². The average molecular weight is 244 g/mol. The highest BCUT2D eigenvalue weighted by Crippen LogP contribution is 2.18. The molecule has 0 amide bonds. The Morgan fingerprint density at radius 3 is 2.00 bits per heavy atom. The van der Waals surface area contributed by atoms with E-state index in [1.165, 1.54) is 5.01 Å². The van der Waals surface area contributed by atoms with Gasteiger partial charge in [-0.3, -0.25) is 4.55 Å². The van der Waals surface area contributed by atoms with Gasteiger partial charge in [0.15, 0.2) is 0 Å². The van der Waals surface area contributed by atoms with E-state index < -0.39 is 10.3 Å². The van der Waals surface area contributed by atoms with Crippen LogP contribution in [-0.2, 0) is 10.3 Å². The van der Waals surface area contributed by atoms with Crippen molar-refractivity contribution in [2.75, 3.05) is 17.5 Å². The molecule has 1 N–H and O–H groups in total. The van der Waals surface area contributed by atoms with Gasteiger partial charge in [-0.15, -0.1) is 0 Å². The van der Waals surface area contributed by atoms with Crippen LogP contribution in [0.3, 0.4) is 0 Å². The Balaban J connectivity index is 3.17. The van der Waals surface area contributed by atoms with Crippen molar-refractivity contribution in [3.63, 3.8) is 0 Å². The Morgan fingerprint density at radius 2 is 1.62 bits per heavy atom. The molecule has 16 heavy (non-hydrogen) atoms. The van der Waals surface area contributed by atoms with Crippen molar-refractivity contribution in [3.05, 3.63) is 30.3 Å². The zero-order chi connectivity index (χ0) is 12.2. The fourth-order valence-corrected chi connectivity index (χ4v) is 2.39. The molecule has 1 aromatic carbocycles. The molecule has 0 heterocycles. The summed E-state index contributed by atoms with van der Waals surface area (Å²) >= 11 is 0. The Morgan fingerprint density at radius 1 is 1.12 bits per heavy atom. The maximum atomic E-state index is 11.3. The highest BCUT2D eigenvalue weighted by molar-refractivity contribution is 7.87. The smallest absolute Gasteiger partial charge is 0.268 e. The lowest BCUT2D eigenvalue weighted by Gasteiger charge is -2.31. The molecule has 0 fully saturated rings. The minimum Gasteiger partial charge on any atom is -0.268 e. The molecule has 0 bridgehead atoms. The number of para-hydroxylation sites is 1. The van der Waals surface area contributed by atoms with Gasteiger partial charge in [0.25, 0.3) is 0 Å². The van der Waals surface area contributed by atoms with Crippen molar-refractivity contribution in [2.45, 2.75) is 13.8 Å². The molecule has 0 radical (unpaired) electrons. The van der Waals surface area contributed by atoms with Crippen LogP contribution in [0.15, 0.2) is 30.3 Å². The van der Waals surface area contributed by atoms with E-state index in [1.807, 2.05) is 13.8 Å². The summed E-state index contributed by atoms with van der Waals surface area (Å²) in [5.74, 6) is 0. The van der Waals surface area contributed by atoms with E-state index in [-0.39, 0.29) is 0 Å². The molecule has 5 nitrogen and oxygen atoms in total. The maximum absolute atomic E-state index is 11.3. The number of anilines is 1. The minimum atomic E-state index is -4.28. The van der Waals surface area contributed by atoms with Crippen LogP contribution in [0, 0.1) is 0 Å². The first kappa shape index (κ1) is 13.0. The summed E-state index contributed by atoms with van der Waals surface area (Å²) in [5.41, 5.74) is 0.425. The number of benzene rings is 1. The lowest BCUT2D eigenvalue weighted by molar-refractivity contribution is 0.305. The first-order valence-corrected chi connectivity index (χ1v) is 6.48. The van der Waals surface area contributed by atoms with E-state index in [0.717, 1.165) is 4.41 Å². The predicted octanol–water partition coefficient (Wildman–Crippen LogP) is 1.55. The van der Waals surface area contributed by atoms with Crippen LogP contribution in [-0.4, -0.2) is 31.1 Å². The van der Waals surface area contributed by atoms with Crippen molar-refractivity contribution >= 4 is 16.0 Å². The number of nitrogens with zero attached hydrogens (tertiary/aromatic N) is 2. The highest BCUT2D eigenvalue weighted by Gasteiger charge is 2.24. The highest BCUT2D eigenvalue weighted by atomic mass is 32.2. The second-order valence-corrected chi connectivity index (χ2v) is 4.44. The third-order valence-corrected chi connectivity index (χ3v) is 3.06. The second-order valence-electron chi connectivity index (χ2n) is 3.20.